The third-order valence-electron chi connectivity index (χ3n) is 5.81. The molecule has 0 atom stereocenters. The predicted molar refractivity (Wildman–Crippen MR) is 152 cm³/mol. The highest BCUT2D eigenvalue weighted by molar-refractivity contribution is 6.35. The van der Waals surface area contributed by atoms with E-state index in [4.69, 9.17) is 18.9 Å². The number of nitrogens with zero attached hydrogens (tertiary/aromatic N) is 1. The number of imide groups is 1. The summed E-state index contributed by atoms with van der Waals surface area (Å²) in [6.07, 6.45) is 0.775. The third kappa shape index (κ3) is 6.47. The van der Waals surface area contributed by atoms with Gasteiger partial charge in [-0.15, -0.1) is 0 Å². The van der Waals surface area contributed by atoms with Crippen LogP contribution in [0.3, 0.4) is 0 Å². The standard InChI is InChI=1S/C31H28N2O9/c1-6-15-40-29(37)25-17-23-22(16-24(25)28(36)39-5)26(34)33(27(23)35)19-9-13-21(14-10-19)41-20-11-7-18(8-12-20)32-30(38)42-31(2,3)4/h6-14,16-17H,1,15H2,2-5H3,(H,32,38). The van der Waals surface area contributed by atoms with Crippen LogP contribution in [-0.4, -0.2) is 49.2 Å². The second-order valence-corrected chi connectivity index (χ2v) is 10.0. The van der Waals surface area contributed by atoms with Gasteiger partial charge in [0.25, 0.3) is 11.8 Å². The normalized spacial score (nSPS) is 12.3. The molecule has 1 aliphatic heterocycles. The van der Waals surface area contributed by atoms with Crippen molar-refractivity contribution in [3.05, 3.63) is 95.6 Å². The Hall–Kier alpha value is -5.45. The molecule has 1 aliphatic rings. The van der Waals surface area contributed by atoms with Crippen molar-refractivity contribution >= 4 is 41.2 Å². The Balaban J connectivity index is 1.50. The summed E-state index contributed by atoms with van der Waals surface area (Å²) < 4.78 is 20.9. The lowest BCUT2D eigenvalue weighted by molar-refractivity contribution is 0.0522. The molecular formula is C31H28N2O9. The number of ether oxygens (including phenoxy) is 4. The number of amides is 3. The third-order valence-corrected chi connectivity index (χ3v) is 5.81. The van der Waals surface area contributed by atoms with Crippen molar-refractivity contribution in [1.82, 2.24) is 0 Å². The fourth-order valence-corrected chi connectivity index (χ4v) is 4.01. The SMILES string of the molecule is C=CCOC(=O)c1cc2c(cc1C(=O)OC)C(=O)N(c1ccc(Oc3ccc(NC(=O)OC(C)(C)C)cc3)cc1)C2=O. The van der Waals surface area contributed by atoms with Crippen molar-refractivity contribution in [3.8, 4) is 11.5 Å². The number of hydrogen-bond donors (Lipinski definition) is 1. The first-order valence-electron chi connectivity index (χ1n) is 12.7. The molecule has 0 bridgehead atoms. The molecule has 42 heavy (non-hydrogen) atoms. The Labute approximate surface area is 241 Å². The van der Waals surface area contributed by atoms with Crippen LogP contribution in [-0.2, 0) is 14.2 Å². The van der Waals surface area contributed by atoms with E-state index < -0.39 is 35.4 Å². The average Bonchev–Trinajstić information content (AvgIpc) is 3.19. The number of benzene rings is 3. The quantitative estimate of drug-likeness (QED) is 0.155. The van der Waals surface area contributed by atoms with E-state index in [1.54, 1.807) is 57.2 Å². The molecule has 0 fully saturated rings. The van der Waals surface area contributed by atoms with E-state index in [0.717, 1.165) is 24.1 Å². The Bertz CT molecular complexity index is 1570. The minimum atomic E-state index is -0.869. The highest BCUT2D eigenvalue weighted by Gasteiger charge is 2.39. The number of methoxy groups -OCH3 is 1. The Morgan fingerprint density at radius 1 is 0.857 bits per heavy atom. The smallest absolute Gasteiger partial charge is 0.412 e. The van der Waals surface area contributed by atoms with E-state index in [2.05, 4.69) is 11.9 Å². The van der Waals surface area contributed by atoms with Gasteiger partial charge < -0.3 is 18.9 Å². The van der Waals surface area contributed by atoms with Gasteiger partial charge in [-0.3, -0.25) is 14.9 Å². The van der Waals surface area contributed by atoms with Crippen molar-refractivity contribution in [1.29, 1.82) is 0 Å². The van der Waals surface area contributed by atoms with Crippen LogP contribution < -0.4 is 15.0 Å². The van der Waals surface area contributed by atoms with Crippen LogP contribution in [0.25, 0.3) is 0 Å². The zero-order valence-electron chi connectivity index (χ0n) is 23.4. The maximum atomic E-state index is 13.3. The molecule has 3 aromatic carbocycles. The molecule has 3 amide bonds. The number of carbonyl (C=O) groups is 5. The number of fused-ring (bicyclic) bond motifs is 1. The maximum absolute atomic E-state index is 13.3. The number of rotatable bonds is 8. The van der Waals surface area contributed by atoms with Gasteiger partial charge in [0.05, 0.1) is 35.1 Å². The van der Waals surface area contributed by atoms with E-state index in [9.17, 15) is 24.0 Å². The van der Waals surface area contributed by atoms with Crippen LogP contribution in [0.4, 0.5) is 16.2 Å². The average molecular weight is 573 g/mol. The van der Waals surface area contributed by atoms with Gasteiger partial charge in [-0.1, -0.05) is 12.7 Å². The Morgan fingerprint density at radius 2 is 1.38 bits per heavy atom. The lowest BCUT2D eigenvalue weighted by atomic mass is 9.99. The van der Waals surface area contributed by atoms with E-state index in [1.807, 2.05) is 0 Å². The molecule has 0 saturated carbocycles. The molecule has 0 aliphatic carbocycles. The topological polar surface area (TPSA) is 138 Å². The molecule has 0 unspecified atom stereocenters. The van der Waals surface area contributed by atoms with Crippen molar-refractivity contribution in [2.45, 2.75) is 26.4 Å². The molecule has 11 heteroatoms. The summed E-state index contributed by atoms with van der Waals surface area (Å²) in [6, 6.07) is 15.1. The van der Waals surface area contributed by atoms with E-state index in [0.29, 0.717) is 17.2 Å². The van der Waals surface area contributed by atoms with Gasteiger partial charge in [0.15, 0.2) is 0 Å². The van der Waals surface area contributed by atoms with Crippen molar-refractivity contribution in [2.24, 2.45) is 0 Å². The molecular weight excluding hydrogens is 544 g/mol. The van der Waals surface area contributed by atoms with Crippen molar-refractivity contribution in [2.75, 3.05) is 23.9 Å². The highest BCUT2D eigenvalue weighted by atomic mass is 16.6. The van der Waals surface area contributed by atoms with Gasteiger partial charge in [0.2, 0.25) is 0 Å². The van der Waals surface area contributed by atoms with Gasteiger partial charge in [-0.2, -0.15) is 0 Å². The highest BCUT2D eigenvalue weighted by Crippen LogP contribution is 2.33. The van der Waals surface area contributed by atoms with Crippen molar-refractivity contribution in [3.63, 3.8) is 0 Å². The second-order valence-electron chi connectivity index (χ2n) is 10.0. The zero-order valence-corrected chi connectivity index (χ0v) is 23.4. The van der Waals surface area contributed by atoms with E-state index in [-0.39, 0.29) is 34.5 Å². The van der Waals surface area contributed by atoms with E-state index in [1.165, 1.54) is 18.2 Å². The summed E-state index contributed by atoms with van der Waals surface area (Å²) in [5.74, 6) is -2.18. The van der Waals surface area contributed by atoms with Gasteiger partial charge in [0.1, 0.15) is 23.7 Å². The molecule has 1 heterocycles. The number of nitrogens with one attached hydrogen (secondary N) is 1. The number of carbonyl (C=O) groups excluding carboxylic acids is 5. The molecule has 0 spiro atoms. The number of hydrogen-bond acceptors (Lipinski definition) is 9. The second kappa shape index (κ2) is 12.0. The molecule has 216 valence electrons. The van der Waals surface area contributed by atoms with Crippen molar-refractivity contribution < 1.29 is 42.9 Å². The lowest BCUT2D eigenvalue weighted by Crippen LogP contribution is -2.29. The Morgan fingerprint density at radius 3 is 1.88 bits per heavy atom. The summed E-state index contributed by atoms with van der Waals surface area (Å²) in [7, 11) is 1.13. The van der Waals surface area contributed by atoms with Crippen LogP contribution in [0.1, 0.15) is 62.2 Å². The first-order chi connectivity index (χ1) is 19.9. The molecule has 11 nitrogen and oxygen atoms in total. The largest absolute Gasteiger partial charge is 0.465 e. The molecule has 0 saturated heterocycles. The van der Waals surface area contributed by atoms with Gasteiger partial charge in [0, 0.05) is 5.69 Å². The van der Waals surface area contributed by atoms with Gasteiger partial charge in [-0.05, 0) is 81.4 Å². The van der Waals surface area contributed by atoms with Crippen LogP contribution in [0.15, 0.2) is 73.3 Å². The van der Waals surface area contributed by atoms with Gasteiger partial charge in [-0.25, -0.2) is 19.3 Å². The summed E-state index contributed by atoms with van der Waals surface area (Å²) in [4.78, 5) is 64.3. The molecule has 4 rings (SSSR count). The van der Waals surface area contributed by atoms with Crippen LogP contribution in [0, 0.1) is 0 Å². The first-order valence-corrected chi connectivity index (χ1v) is 12.7. The van der Waals surface area contributed by atoms with Gasteiger partial charge >= 0.3 is 18.0 Å². The van der Waals surface area contributed by atoms with Crippen LogP contribution in [0.5, 0.6) is 11.5 Å². The fourth-order valence-electron chi connectivity index (χ4n) is 4.01. The predicted octanol–water partition coefficient (Wildman–Crippen LogP) is 5.76. The monoisotopic (exact) mass is 572 g/mol. The summed E-state index contributed by atoms with van der Waals surface area (Å²) in [5.41, 5.74) is -0.378. The maximum Gasteiger partial charge on any atom is 0.412 e. The molecule has 0 radical (unpaired) electrons. The zero-order chi connectivity index (χ0) is 30.6. The molecule has 3 aromatic rings. The fraction of sp³-hybridized carbons (Fsp3) is 0.194. The lowest BCUT2D eigenvalue weighted by Gasteiger charge is -2.19. The summed E-state index contributed by atoms with van der Waals surface area (Å²) >= 11 is 0. The molecule has 0 aromatic heterocycles. The first kappa shape index (κ1) is 29.5. The number of esters is 2. The minimum absolute atomic E-state index is 0.0546. The Kier molecular flexibility index (Phi) is 8.41. The number of anilines is 2. The minimum Gasteiger partial charge on any atom is -0.465 e. The summed E-state index contributed by atoms with van der Waals surface area (Å²) in [5, 5.41) is 2.63. The summed E-state index contributed by atoms with van der Waals surface area (Å²) in [6.45, 7) is 8.66. The van der Waals surface area contributed by atoms with Crippen LogP contribution in [0.2, 0.25) is 0 Å². The van der Waals surface area contributed by atoms with E-state index >= 15 is 0 Å². The molecule has 1 N–H and O–H groups in total. The van der Waals surface area contributed by atoms with Crippen LogP contribution >= 0.6 is 0 Å².